The largest absolute Gasteiger partial charge is 0.377 e. The van der Waals surface area contributed by atoms with Crippen LogP contribution in [0.3, 0.4) is 0 Å². The lowest BCUT2D eigenvalue weighted by atomic mass is 9.98. The smallest absolute Gasteiger partial charge is 0.0959 e. The maximum absolute atomic E-state index is 6.93. The molecule has 9 heteroatoms. The van der Waals surface area contributed by atoms with E-state index >= 15 is 0 Å². The highest BCUT2D eigenvalue weighted by Gasteiger charge is 2.32. The number of hydrogen-bond donors (Lipinski definition) is 4. The van der Waals surface area contributed by atoms with Crippen LogP contribution in [-0.4, -0.2) is 44.5 Å². The minimum Gasteiger partial charge on any atom is -0.377 e. The molecule has 8 nitrogen and oxygen atoms in total. The van der Waals surface area contributed by atoms with Crippen molar-refractivity contribution in [3.8, 4) is 12.3 Å². The Balaban J connectivity index is 1.32. The van der Waals surface area contributed by atoms with Crippen molar-refractivity contribution in [2.24, 2.45) is 0 Å². The molecular weight excluding hydrogens is 592 g/mol. The van der Waals surface area contributed by atoms with Gasteiger partial charge in [0.15, 0.2) is 0 Å². The average Bonchev–Trinajstić information content (AvgIpc) is 3.56. The van der Waals surface area contributed by atoms with E-state index in [2.05, 4.69) is 118 Å². The number of hydrogen-bond acceptors (Lipinski definition) is 8. The Morgan fingerprint density at radius 3 is 2.48 bits per heavy atom. The summed E-state index contributed by atoms with van der Waals surface area (Å²) in [6.07, 6.45) is 16.6. The molecule has 0 radical (unpaired) electrons. The van der Waals surface area contributed by atoms with E-state index < -0.39 is 0 Å². The number of terminal acetylenes is 1. The molecule has 0 aliphatic carbocycles. The zero-order valence-corrected chi connectivity index (χ0v) is 27.8. The van der Waals surface area contributed by atoms with E-state index in [0.29, 0.717) is 22.1 Å². The predicted octanol–water partition coefficient (Wildman–Crippen LogP) is 7.41. The zero-order valence-electron chi connectivity index (χ0n) is 27.0. The van der Waals surface area contributed by atoms with Gasteiger partial charge in [-0.15, -0.1) is 12.0 Å². The van der Waals surface area contributed by atoms with Crippen LogP contribution in [0.1, 0.15) is 75.7 Å². The summed E-state index contributed by atoms with van der Waals surface area (Å²) in [6.45, 7) is 11.2. The Kier molecular flexibility index (Phi) is 9.37. The first-order chi connectivity index (χ1) is 22.2. The first kappa shape index (κ1) is 31.7. The van der Waals surface area contributed by atoms with Crippen molar-refractivity contribution in [1.29, 1.82) is 0 Å². The lowest BCUT2D eigenvalue weighted by Crippen LogP contribution is -2.52. The van der Waals surface area contributed by atoms with Gasteiger partial charge in [-0.2, -0.15) is 0 Å². The number of fused-ring (bicyclic) bond motifs is 1. The molecule has 1 saturated heterocycles. The van der Waals surface area contributed by atoms with E-state index in [1.165, 1.54) is 5.56 Å². The first-order valence-corrected chi connectivity index (χ1v) is 16.5. The first-order valence-electron chi connectivity index (χ1n) is 16.1. The maximum atomic E-state index is 6.93. The van der Waals surface area contributed by atoms with Crippen molar-refractivity contribution in [1.82, 2.24) is 30.8 Å². The zero-order chi connectivity index (χ0) is 32.3. The summed E-state index contributed by atoms with van der Waals surface area (Å²) in [4.78, 5) is 11.7. The van der Waals surface area contributed by atoms with Crippen LogP contribution >= 0.6 is 11.6 Å². The molecule has 0 saturated carbocycles. The van der Waals surface area contributed by atoms with Crippen LogP contribution in [0.25, 0.3) is 10.9 Å². The molecule has 2 atom stereocenters. The van der Waals surface area contributed by atoms with Crippen LogP contribution in [-0.2, 0) is 0 Å². The Morgan fingerprint density at radius 1 is 1.04 bits per heavy atom. The highest BCUT2D eigenvalue weighted by atomic mass is 35.5. The molecule has 0 unspecified atom stereocenters. The number of hydrazine groups is 2. The fourth-order valence-electron chi connectivity index (χ4n) is 6.44. The summed E-state index contributed by atoms with van der Waals surface area (Å²) >= 11 is 6.93. The van der Waals surface area contributed by atoms with E-state index in [0.717, 1.165) is 60.4 Å². The summed E-state index contributed by atoms with van der Waals surface area (Å²) in [6, 6.07) is 18.7. The van der Waals surface area contributed by atoms with Crippen molar-refractivity contribution in [2.75, 3.05) is 23.7 Å². The number of aromatic nitrogens is 2. The lowest BCUT2D eigenvalue weighted by Gasteiger charge is -2.42. The number of likely N-dealkylation sites (tertiary alicyclic amines) is 1. The van der Waals surface area contributed by atoms with Gasteiger partial charge in [0.05, 0.1) is 39.6 Å². The fraction of sp³-hybridized carbons (Fsp3) is 0.351. The second kappa shape index (κ2) is 13.6. The highest BCUT2D eigenvalue weighted by molar-refractivity contribution is 6.35. The normalized spacial score (nSPS) is 17.2. The van der Waals surface area contributed by atoms with Gasteiger partial charge in [-0.05, 0) is 69.4 Å². The van der Waals surface area contributed by atoms with E-state index in [1.54, 1.807) is 12.4 Å². The maximum Gasteiger partial charge on any atom is 0.0959 e. The van der Waals surface area contributed by atoms with Crippen LogP contribution in [0.5, 0.6) is 0 Å². The van der Waals surface area contributed by atoms with Gasteiger partial charge in [0.1, 0.15) is 0 Å². The number of rotatable bonds is 9. The Bertz CT molecular complexity index is 1720. The van der Waals surface area contributed by atoms with Gasteiger partial charge in [0.2, 0.25) is 0 Å². The molecule has 46 heavy (non-hydrogen) atoms. The quantitative estimate of drug-likeness (QED) is 0.142. The van der Waals surface area contributed by atoms with Crippen molar-refractivity contribution in [2.45, 2.75) is 70.6 Å². The van der Waals surface area contributed by atoms with Crippen LogP contribution in [0.4, 0.5) is 11.4 Å². The van der Waals surface area contributed by atoms with E-state index in [1.807, 2.05) is 24.4 Å². The molecule has 4 heterocycles. The van der Waals surface area contributed by atoms with Crippen LogP contribution in [0.2, 0.25) is 5.02 Å². The third kappa shape index (κ3) is 6.78. The Morgan fingerprint density at radius 2 is 1.80 bits per heavy atom. The van der Waals surface area contributed by atoms with Crippen molar-refractivity contribution >= 4 is 33.9 Å². The van der Waals surface area contributed by atoms with Gasteiger partial charge in [0.25, 0.3) is 0 Å². The van der Waals surface area contributed by atoms with Gasteiger partial charge >= 0.3 is 0 Å². The number of pyridine rings is 2. The number of nitrogens with one attached hydrogen (secondary N) is 4. The van der Waals surface area contributed by atoms with E-state index in [9.17, 15) is 0 Å². The van der Waals surface area contributed by atoms with Gasteiger partial charge < -0.3 is 16.1 Å². The fourth-order valence-corrected chi connectivity index (χ4v) is 6.71. The minimum absolute atomic E-state index is 0.0672. The van der Waals surface area contributed by atoms with Crippen molar-refractivity contribution < 1.29 is 0 Å². The van der Waals surface area contributed by atoms with Gasteiger partial charge in [-0.3, -0.25) is 19.9 Å². The van der Waals surface area contributed by atoms with Crippen molar-refractivity contribution in [3.63, 3.8) is 0 Å². The second-order valence-corrected chi connectivity index (χ2v) is 13.4. The Hall–Kier alpha value is -4.29. The molecule has 0 spiro atoms. The van der Waals surface area contributed by atoms with E-state index in [4.69, 9.17) is 18.0 Å². The number of halogens is 1. The standard InChI is InChI=1S/C37H43ClN8/c1-6-25-23-40-36-30(34(25)42-32(7-2)26-12-9-8-10-13-26)20-28(21-31(36)38)41-35(27-14-11-17-39-22-27)33-24-46(44-43-33)29-15-18-45(19-16-29)37(3,4)5/h1,8-14,17,20-24,29,32,35,41,43-44H,7,15-16,18-19H2,2-5H3,(H,40,42)/t32-,35+/m1/s1. The minimum atomic E-state index is -0.220. The molecular formula is C37H43ClN8. The molecule has 2 aromatic carbocycles. The van der Waals surface area contributed by atoms with Crippen LogP contribution in [0.15, 0.2) is 85.1 Å². The molecule has 2 aliphatic heterocycles. The molecule has 0 bridgehead atoms. The molecule has 0 amide bonds. The van der Waals surface area contributed by atoms with Gasteiger partial charge in [0, 0.05) is 60.5 Å². The molecule has 6 rings (SSSR count). The SMILES string of the molecule is C#Cc1cnc2c(Cl)cc(N[C@H](C3=CN(C4CCN(C(C)(C)C)CC4)NN3)c3cccnc3)cc2c1N[C@H](CC)c1ccccc1. The predicted molar refractivity (Wildman–Crippen MR) is 189 cm³/mol. The summed E-state index contributed by atoms with van der Waals surface area (Å²) in [5, 5.41) is 11.1. The third-order valence-corrected chi connectivity index (χ3v) is 9.35. The molecule has 4 aromatic rings. The third-order valence-electron chi connectivity index (χ3n) is 9.06. The van der Waals surface area contributed by atoms with Crippen LogP contribution < -0.4 is 21.6 Å². The second-order valence-electron chi connectivity index (χ2n) is 13.0. The lowest BCUT2D eigenvalue weighted by molar-refractivity contribution is 0.0570. The number of nitrogens with zero attached hydrogens (tertiary/aromatic N) is 4. The Labute approximate surface area is 277 Å². The molecule has 1 fully saturated rings. The van der Waals surface area contributed by atoms with Gasteiger partial charge in [-0.25, -0.2) is 0 Å². The highest BCUT2D eigenvalue weighted by Crippen LogP contribution is 2.37. The monoisotopic (exact) mass is 634 g/mol. The summed E-state index contributed by atoms with van der Waals surface area (Å²) < 4.78 is 0. The number of benzene rings is 2. The summed E-state index contributed by atoms with van der Waals surface area (Å²) in [5.74, 6) is 2.83. The van der Waals surface area contributed by atoms with Gasteiger partial charge in [-0.1, -0.05) is 60.8 Å². The van der Waals surface area contributed by atoms with Crippen molar-refractivity contribution in [3.05, 3.63) is 107 Å². The van der Waals surface area contributed by atoms with Crippen LogP contribution in [0, 0.1) is 12.3 Å². The topological polar surface area (TPSA) is 80.4 Å². The summed E-state index contributed by atoms with van der Waals surface area (Å²) in [7, 11) is 0. The molecule has 2 aromatic heterocycles. The number of piperidine rings is 1. The van der Waals surface area contributed by atoms with E-state index in [-0.39, 0.29) is 17.6 Å². The molecule has 2 aliphatic rings. The number of anilines is 2. The molecule has 4 N–H and O–H groups in total. The average molecular weight is 635 g/mol. The molecule has 238 valence electrons. The summed E-state index contributed by atoms with van der Waals surface area (Å²) in [5.41, 5.74) is 13.3.